The molecule has 0 atom stereocenters. The van der Waals surface area contributed by atoms with Gasteiger partial charge in [-0.15, -0.1) is 0 Å². The number of benzene rings is 2. The highest BCUT2D eigenvalue weighted by Gasteiger charge is 2.27. The zero-order chi connectivity index (χ0) is 24.5. The maximum atomic E-state index is 13.3. The Bertz CT molecular complexity index is 1380. The van der Waals surface area contributed by atoms with Gasteiger partial charge in [-0.1, -0.05) is 11.6 Å². The van der Waals surface area contributed by atoms with Gasteiger partial charge >= 0.3 is 0 Å². The molecule has 0 bridgehead atoms. The standard InChI is InChI=1S/C26H25ClFN5O2/c1-16-13-25(33-24(29-16)15-22(31-33)17-3-5-19(28)6-4-17)32-11-9-18(10-12-32)26(34)30-20-7-8-23(35-2)21(27)14-20/h3-8,13-15,18H,9-12H2,1-2H3,(H,30,34). The first-order chi connectivity index (χ1) is 16.9. The van der Waals surface area contributed by atoms with Crippen LogP contribution in [0.4, 0.5) is 15.9 Å². The molecule has 1 aliphatic rings. The number of methoxy groups -OCH3 is 1. The van der Waals surface area contributed by atoms with Gasteiger partial charge in [0.15, 0.2) is 5.65 Å². The number of nitrogens with one attached hydrogen (secondary N) is 1. The number of aryl methyl sites for hydroxylation is 1. The average Bonchev–Trinajstić information content (AvgIpc) is 3.28. The van der Waals surface area contributed by atoms with Crippen molar-refractivity contribution in [3.05, 3.63) is 71.1 Å². The molecule has 35 heavy (non-hydrogen) atoms. The largest absolute Gasteiger partial charge is 0.495 e. The number of piperidine rings is 1. The number of hydrogen-bond donors (Lipinski definition) is 1. The minimum Gasteiger partial charge on any atom is -0.495 e. The zero-order valence-corrected chi connectivity index (χ0v) is 20.2. The fraction of sp³-hybridized carbons (Fsp3) is 0.269. The highest BCUT2D eigenvalue weighted by Crippen LogP contribution is 2.30. The summed E-state index contributed by atoms with van der Waals surface area (Å²) in [5.74, 6) is 1.10. The van der Waals surface area contributed by atoms with Crippen LogP contribution < -0.4 is 15.0 Å². The van der Waals surface area contributed by atoms with Crippen molar-refractivity contribution in [1.29, 1.82) is 0 Å². The van der Waals surface area contributed by atoms with Crippen molar-refractivity contribution >= 4 is 34.7 Å². The third kappa shape index (κ3) is 4.79. The van der Waals surface area contributed by atoms with E-state index in [4.69, 9.17) is 21.4 Å². The van der Waals surface area contributed by atoms with Crippen molar-refractivity contribution in [2.45, 2.75) is 19.8 Å². The molecule has 5 rings (SSSR count). The lowest BCUT2D eigenvalue weighted by Crippen LogP contribution is -2.39. The molecule has 0 radical (unpaired) electrons. The molecule has 0 unspecified atom stereocenters. The van der Waals surface area contributed by atoms with E-state index in [1.165, 1.54) is 12.1 Å². The van der Waals surface area contributed by atoms with Crippen molar-refractivity contribution in [3.8, 4) is 17.0 Å². The van der Waals surface area contributed by atoms with Gasteiger partial charge < -0.3 is 15.0 Å². The molecule has 180 valence electrons. The Morgan fingerprint density at radius 1 is 1.11 bits per heavy atom. The molecule has 0 aliphatic carbocycles. The molecule has 9 heteroatoms. The minimum absolute atomic E-state index is 0.0142. The van der Waals surface area contributed by atoms with Gasteiger partial charge in [0.05, 0.1) is 17.8 Å². The number of halogens is 2. The molecule has 1 amide bonds. The van der Waals surface area contributed by atoms with Crippen LogP contribution in [0, 0.1) is 18.7 Å². The van der Waals surface area contributed by atoms with Crippen LogP contribution in [0.5, 0.6) is 5.75 Å². The van der Waals surface area contributed by atoms with Crippen LogP contribution in [0.3, 0.4) is 0 Å². The second-order valence-electron chi connectivity index (χ2n) is 8.66. The molecule has 1 aliphatic heterocycles. The Labute approximate surface area is 207 Å². The Hall–Kier alpha value is -3.65. The quantitative estimate of drug-likeness (QED) is 0.405. The van der Waals surface area contributed by atoms with E-state index in [9.17, 15) is 9.18 Å². The summed E-state index contributed by atoms with van der Waals surface area (Å²) in [6.07, 6.45) is 1.43. The molecule has 1 saturated heterocycles. The smallest absolute Gasteiger partial charge is 0.227 e. The van der Waals surface area contributed by atoms with E-state index in [1.807, 2.05) is 23.6 Å². The Morgan fingerprint density at radius 3 is 2.54 bits per heavy atom. The number of fused-ring (bicyclic) bond motifs is 1. The molecule has 2 aromatic carbocycles. The maximum absolute atomic E-state index is 13.3. The Balaban J connectivity index is 1.31. The topological polar surface area (TPSA) is 71.8 Å². The third-order valence-corrected chi connectivity index (χ3v) is 6.58. The second-order valence-corrected chi connectivity index (χ2v) is 9.07. The normalized spacial score (nSPS) is 14.3. The van der Waals surface area contributed by atoms with Crippen LogP contribution in [-0.4, -0.2) is 40.7 Å². The predicted molar refractivity (Wildman–Crippen MR) is 135 cm³/mol. The molecular formula is C26H25ClFN5O2. The summed E-state index contributed by atoms with van der Waals surface area (Å²) >= 11 is 6.18. The highest BCUT2D eigenvalue weighted by molar-refractivity contribution is 6.32. The van der Waals surface area contributed by atoms with Gasteiger partial charge in [-0.05, 0) is 62.2 Å². The van der Waals surface area contributed by atoms with Gasteiger partial charge in [0, 0.05) is 48.1 Å². The van der Waals surface area contributed by atoms with Crippen LogP contribution >= 0.6 is 11.6 Å². The van der Waals surface area contributed by atoms with Gasteiger partial charge in [-0.2, -0.15) is 9.61 Å². The highest BCUT2D eigenvalue weighted by atomic mass is 35.5. The van der Waals surface area contributed by atoms with Crippen molar-refractivity contribution in [1.82, 2.24) is 14.6 Å². The number of carbonyl (C=O) groups is 1. The van der Waals surface area contributed by atoms with Gasteiger partial charge in [-0.25, -0.2) is 9.37 Å². The molecule has 1 fully saturated rings. The lowest BCUT2D eigenvalue weighted by molar-refractivity contribution is -0.120. The Morgan fingerprint density at radius 2 is 1.86 bits per heavy atom. The van der Waals surface area contributed by atoms with E-state index in [0.29, 0.717) is 42.4 Å². The van der Waals surface area contributed by atoms with Crippen molar-refractivity contribution in [2.75, 3.05) is 30.4 Å². The van der Waals surface area contributed by atoms with Crippen LogP contribution in [0.15, 0.2) is 54.6 Å². The number of nitrogens with zero attached hydrogens (tertiary/aromatic N) is 4. The fourth-order valence-corrected chi connectivity index (χ4v) is 4.68. The van der Waals surface area contributed by atoms with Crippen LogP contribution in [0.1, 0.15) is 18.5 Å². The van der Waals surface area contributed by atoms with Crippen LogP contribution in [0.25, 0.3) is 16.9 Å². The average molecular weight is 494 g/mol. The summed E-state index contributed by atoms with van der Waals surface area (Å²) in [6.45, 7) is 3.38. The maximum Gasteiger partial charge on any atom is 0.227 e. The molecule has 0 spiro atoms. The van der Waals surface area contributed by atoms with E-state index in [-0.39, 0.29) is 17.6 Å². The van der Waals surface area contributed by atoms with Crippen LogP contribution in [-0.2, 0) is 4.79 Å². The molecule has 7 nitrogen and oxygen atoms in total. The molecule has 4 aromatic rings. The van der Waals surface area contributed by atoms with Gasteiger partial charge in [0.2, 0.25) is 5.91 Å². The second kappa shape index (κ2) is 9.54. The van der Waals surface area contributed by atoms with E-state index >= 15 is 0 Å². The summed E-state index contributed by atoms with van der Waals surface area (Å²) in [5, 5.41) is 8.18. The number of carbonyl (C=O) groups excluding carboxylic acids is 1. The zero-order valence-electron chi connectivity index (χ0n) is 19.5. The van der Waals surface area contributed by atoms with E-state index in [2.05, 4.69) is 15.2 Å². The molecule has 1 N–H and O–H groups in total. The number of hydrogen-bond acceptors (Lipinski definition) is 5. The number of aromatic nitrogens is 3. The molecular weight excluding hydrogens is 469 g/mol. The van der Waals surface area contributed by atoms with Crippen molar-refractivity contribution in [2.24, 2.45) is 5.92 Å². The first kappa shape index (κ1) is 23.1. The number of anilines is 2. The van der Waals surface area contributed by atoms with E-state index in [0.717, 1.165) is 28.4 Å². The number of amides is 1. The van der Waals surface area contributed by atoms with E-state index in [1.54, 1.807) is 37.4 Å². The number of rotatable bonds is 5. The van der Waals surface area contributed by atoms with E-state index < -0.39 is 0 Å². The summed E-state index contributed by atoms with van der Waals surface area (Å²) in [7, 11) is 1.55. The first-order valence-corrected chi connectivity index (χ1v) is 11.8. The SMILES string of the molecule is COc1ccc(NC(=O)C2CCN(c3cc(C)nc4cc(-c5ccc(F)cc5)nn34)CC2)cc1Cl. The van der Waals surface area contributed by atoms with Gasteiger partial charge in [-0.3, -0.25) is 4.79 Å². The van der Waals surface area contributed by atoms with Crippen LogP contribution in [0.2, 0.25) is 5.02 Å². The van der Waals surface area contributed by atoms with Crippen molar-refractivity contribution in [3.63, 3.8) is 0 Å². The van der Waals surface area contributed by atoms with Gasteiger partial charge in [0.25, 0.3) is 0 Å². The lowest BCUT2D eigenvalue weighted by atomic mass is 9.95. The lowest BCUT2D eigenvalue weighted by Gasteiger charge is -2.33. The molecule has 0 saturated carbocycles. The summed E-state index contributed by atoms with van der Waals surface area (Å²) in [4.78, 5) is 19.7. The summed E-state index contributed by atoms with van der Waals surface area (Å²) in [6, 6.07) is 15.4. The number of ether oxygens (including phenoxy) is 1. The third-order valence-electron chi connectivity index (χ3n) is 6.29. The van der Waals surface area contributed by atoms with Gasteiger partial charge in [0.1, 0.15) is 17.4 Å². The summed E-state index contributed by atoms with van der Waals surface area (Å²) < 4.78 is 20.3. The Kier molecular flexibility index (Phi) is 6.30. The minimum atomic E-state index is -0.283. The fourth-order valence-electron chi connectivity index (χ4n) is 4.43. The first-order valence-electron chi connectivity index (χ1n) is 11.4. The van der Waals surface area contributed by atoms with Crippen molar-refractivity contribution < 1.29 is 13.9 Å². The summed E-state index contributed by atoms with van der Waals surface area (Å²) in [5.41, 5.74) is 3.83. The molecule has 2 aromatic heterocycles. The monoisotopic (exact) mass is 493 g/mol. The molecule has 3 heterocycles. The predicted octanol–water partition coefficient (Wildman–Crippen LogP) is 5.36.